The number of nitrogens with one attached hydrogen (secondary N) is 1. The Hall–Kier alpha value is -1.90. The Balaban J connectivity index is 1.85. The largest absolute Gasteiger partial charge is 0.476 e. The minimum Gasteiger partial charge on any atom is -0.476 e. The number of thiol groups is 1. The summed E-state index contributed by atoms with van der Waals surface area (Å²) in [6.07, 6.45) is 1.52. The van der Waals surface area contributed by atoms with Crippen LogP contribution in [0.1, 0.15) is 39.4 Å². The smallest absolute Gasteiger partial charge is 0.356 e. The summed E-state index contributed by atoms with van der Waals surface area (Å²) in [4.78, 5) is 24.7. The Morgan fingerprint density at radius 3 is 2.70 bits per heavy atom. The molecule has 1 aromatic rings. The molecule has 0 aromatic carbocycles. The second-order valence-electron chi connectivity index (χ2n) is 5.19. The first kappa shape index (κ1) is 13.1. The quantitative estimate of drug-likeness (QED) is 0.629. The lowest BCUT2D eigenvalue weighted by Crippen LogP contribution is -2.43. The van der Waals surface area contributed by atoms with Crippen LogP contribution in [0.25, 0.3) is 0 Å². The molecule has 0 atom stereocenters. The summed E-state index contributed by atoms with van der Waals surface area (Å²) in [5, 5.41) is 15.1. The zero-order chi connectivity index (χ0) is 14.5. The summed E-state index contributed by atoms with van der Waals surface area (Å²) in [5.41, 5.74) is 0.421. The van der Waals surface area contributed by atoms with E-state index in [1.54, 1.807) is 0 Å². The molecule has 1 fully saturated rings. The number of carbonyl (C=O) groups excluding carboxylic acids is 1. The molecular weight excluding hydrogens is 286 g/mol. The number of carboxylic acid groups (broad SMARTS) is 1. The molecule has 0 spiro atoms. The second kappa shape index (κ2) is 4.30. The molecule has 2 aliphatic rings. The third kappa shape index (κ3) is 1.89. The normalized spacial score (nSPS) is 20.1. The van der Waals surface area contributed by atoms with Gasteiger partial charge in [0.2, 0.25) is 0 Å². The van der Waals surface area contributed by atoms with Crippen LogP contribution in [0, 0.1) is 0 Å². The zero-order valence-corrected chi connectivity index (χ0v) is 11.4. The topological polar surface area (TPSA) is 120 Å². The first-order valence-electron chi connectivity index (χ1n) is 6.19. The lowest BCUT2D eigenvalue weighted by Gasteiger charge is -2.28. The SMILES string of the molecule is O=C(O)c1n[nH]c2c1CCN(CC1([SH](=O)=O)CC1)C2=O. The number of carboxylic acids is 1. The van der Waals surface area contributed by atoms with Crippen LogP contribution in [0.5, 0.6) is 0 Å². The highest BCUT2D eigenvalue weighted by Gasteiger charge is 2.49. The number of aromatic carboxylic acids is 1. The van der Waals surface area contributed by atoms with Crippen LogP contribution in [0.15, 0.2) is 0 Å². The summed E-state index contributed by atoms with van der Waals surface area (Å²) in [6.45, 7) is 0.488. The standard InChI is InChI=1S/C11H13N3O5S/c15-9-7-6(8(10(16)17)13-12-7)1-4-14(9)5-11(2-3-11)20(18)19/h20H,1-5H2,(H,12,13)(H,16,17). The number of fused-ring (bicyclic) bond motifs is 1. The van der Waals surface area contributed by atoms with Crippen molar-refractivity contribution in [2.45, 2.75) is 24.0 Å². The number of aromatic nitrogens is 2. The van der Waals surface area contributed by atoms with Crippen molar-refractivity contribution in [3.8, 4) is 0 Å². The fraction of sp³-hybridized carbons (Fsp3) is 0.545. The first-order chi connectivity index (χ1) is 9.44. The van der Waals surface area contributed by atoms with Gasteiger partial charge < -0.3 is 10.0 Å². The number of aromatic amines is 1. The van der Waals surface area contributed by atoms with E-state index in [1.807, 2.05) is 0 Å². The lowest BCUT2D eigenvalue weighted by molar-refractivity contribution is 0.0688. The van der Waals surface area contributed by atoms with Crippen molar-refractivity contribution in [2.75, 3.05) is 13.1 Å². The van der Waals surface area contributed by atoms with Gasteiger partial charge in [-0.1, -0.05) is 0 Å². The van der Waals surface area contributed by atoms with Crippen LogP contribution in [0.2, 0.25) is 0 Å². The zero-order valence-electron chi connectivity index (χ0n) is 10.5. The molecule has 8 nitrogen and oxygen atoms in total. The van der Waals surface area contributed by atoms with Crippen molar-refractivity contribution in [3.05, 3.63) is 17.0 Å². The average molecular weight is 299 g/mol. The highest BCUT2D eigenvalue weighted by molar-refractivity contribution is 7.74. The van der Waals surface area contributed by atoms with E-state index in [1.165, 1.54) is 4.90 Å². The maximum Gasteiger partial charge on any atom is 0.356 e. The van der Waals surface area contributed by atoms with Gasteiger partial charge in [-0.3, -0.25) is 9.89 Å². The fourth-order valence-electron chi connectivity index (χ4n) is 2.52. The van der Waals surface area contributed by atoms with Gasteiger partial charge in [0.25, 0.3) is 5.91 Å². The molecular formula is C11H13N3O5S. The second-order valence-corrected chi connectivity index (χ2v) is 6.65. The maximum absolute atomic E-state index is 12.2. The van der Waals surface area contributed by atoms with E-state index < -0.39 is 21.4 Å². The van der Waals surface area contributed by atoms with Gasteiger partial charge in [0.05, 0.1) is 4.75 Å². The van der Waals surface area contributed by atoms with Crippen LogP contribution in [0.4, 0.5) is 0 Å². The van der Waals surface area contributed by atoms with Gasteiger partial charge in [0.1, 0.15) is 16.4 Å². The van der Waals surface area contributed by atoms with Crippen LogP contribution < -0.4 is 0 Å². The number of hydrogen-bond donors (Lipinski definition) is 3. The Kier molecular flexibility index (Phi) is 2.82. The Labute approximate surface area is 115 Å². The number of nitrogens with zero attached hydrogens (tertiary/aromatic N) is 2. The van der Waals surface area contributed by atoms with Gasteiger partial charge in [0.15, 0.2) is 5.69 Å². The minimum absolute atomic E-state index is 0.135. The summed E-state index contributed by atoms with van der Waals surface area (Å²) in [5.74, 6) is -1.56. The van der Waals surface area contributed by atoms with Crippen molar-refractivity contribution in [3.63, 3.8) is 0 Å². The minimum atomic E-state index is -2.56. The highest BCUT2D eigenvalue weighted by Crippen LogP contribution is 2.40. The molecule has 2 N–H and O–H groups in total. The molecule has 0 radical (unpaired) electrons. The van der Waals surface area contributed by atoms with Crippen LogP contribution >= 0.6 is 0 Å². The maximum atomic E-state index is 12.2. The van der Waals surface area contributed by atoms with Gasteiger partial charge >= 0.3 is 5.97 Å². The van der Waals surface area contributed by atoms with Crippen molar-refractivity contribution in [1.29, 1.82) is 0 Å². The molecule has 2 heterocycles. The number of H-pyrrole nitrogens is 1. The van der Waals surface area contributed by atoms with E-state index in [4.69, 9.17) is 5.11 Å². The molecule has 9 heteroatoms. The molecule has 108 valence electrons. The summed E-state index contributed by atoms with van der Waals surface area (Å²) in [7, 11) is -2.56. The van der Waals surface area contributed by atoms with E-state index in [2.05, 4.69) is 10.2 Å². The number of rotatable bonds is 4. The molecule has 0 saturated heterocycles. The molecule has 1 aliphatic heterocycles. The van der Waals surface area contributed by atoms with Crippen LogP contribution in [-0.4, -0.2) is 58.3 Å². The van der Waals surface area contributed by atoms with E-state index in [0.717, 1.165) is 0 Å². The Morgan fingerprint density at radius 1 is 1.45 bits per heavy atom. The van der Waals surface area contributed by atoms with E-state index in [9.17, 15) is 18.0 Å². The van der Waals surface area contributed by atoms with Crippen molar-refractivity contribution in [1.82, 2.24) is 15.1 Å². The van der Waals surface area contributed by atoms with Crippen LogP contribution in [0.3, 0.4) is 0 Å². The summed E-state index contributed by atoms with van der Waals surface area (Å²) < 4.78 is 21.6. The first-order valence-corrected chi connectivity index (χ1v) is 7.37. The van der Waals surface area contributed by atoms with E-state index >= 15 is 0 Å². The average Bonchev–Trinajstić information content (AvgIpc) is 3.03. The molecule has 1 saturated carbocycles. The third-order valence-corrected chi connectivity index (χ3v) is 5.27. The third-order valence-electron chi connectivity index (χ3n) is 3.90. The fourth-order valence-corrected chi connectivity index (χ4v) is 3.28. The summed E-state index contributed by atoms with van der Waals surface area (Å²) >= 11 is 0. The van der Waals surface area contributed by atoms with Crippen LogP contribution in [-0.2, 0) is 17.1 Å². The molecule has 1 amide bonds. The monoisotopic (exact) mass is 299 g/mol. The van der Waals surface area contributed by atoms with Crippen molar-refractivity contribution < 1.29 is 23.1 Å². The molecule has 0 unspecified atom stereocenters. The molecule has 1 aromatic heterocycles. The number of carbonyl (C=O) groups is 2. The van der Waals surface area contributed by atoms with Gasteiger partial charge in [-0.2, -0.15) is 5.10 Å². The predicted octanol–water partition coefficient (Wildman–Crippen LogP) is -0.750. The van der Waals surface area contributed by atoms with Crippen molar-refractivity contribution in [2.24, 2.45) is 0 Å². The molecule has 1 aliphatic carbocycles. The van der Waals surface area contributed by atoms with E-state index in [-0.39, 0.29) is 23.8 Å². The van der Waals surface area contributed by atoms with E-state index in [0.29, 0.717) is 31.4 Å². The number of hydrogen-bond acceptors (Lipinski definition) is 5. The number of amides is 1. The molecule has 20 heavy (non-hydrogen) atoms. The van der Waals surface area contributed by atoms with Gasteiger partial charge in [0, 0.05) is 18.7 Å². The molecule has 0 bridgehead atoms. The summed E-state index contributed by atoms with van der Waals surface area (Å²) in [6, 6.07) is 0. The van der Waals surface area contributed by atoms with Gasteiger partial charge in [-0.15, -0.1) is 0 Å². The Morgan fingerprint density at radius 2 is 2.15 bits per heavy atom. The predicted molar refractivity (Wildman–Crippen MR) is 67.4 cm³/mol. The lowest BCUT2D eigenvalue weighted by atomic mass is 10.0. The van der Waals surface area contributed by atoms with Gasteiger partial charge in [-0.05, 0) is 19.3 Å². The van der Waals surface area contributed by atoms with Crippen molar-refractivity contribution >= 4 is 22.6 Å². The Bertz CT molecular complexity index is 666. The molecule has 3 rings (SSSR count). The van der Waals surface area contributed by atoms with Gasteiger partial charge in [-0.25, -0.2) is 13.2 Å². The highest BCUT2D eigenvalue weighted by atomic mass is 32.2.